The zero-order chi connectivity index (χ0) is 9.26. The largest absolute Gasteiger partial charge is 0.252 e. The van der Waals surface area contributed by atoms with Crippen molar-refractivity contribution in [3.63, 3.8) is 0 Å². The summed E-state index contributed by atoms with van der Waals surface area (Å²) in [5.41, 5.74) is 0.766. The zero-order valence-corrected chi connectivity index (χ0v) is 8.56. The standard InChI is InChI=1S/C9H7ClN2S/c1-6-5-12-9(13-6)8-7(10)3-2-4-11-8/h2-5H,1H3. The van der Waals surface area contributed by atoms with Crippen LogP contribution in [-0.4, -0.2) is 9.97 Å². The zero-order valence-electron chi connectivity index (χ0n) is 6.99. The predicted octanol–water partition coefficient (Wildman–Crippen LogP) is 3.17. The molecule has 0 fully saturated rings. The van der Waals surface area contributed by atoms with E-state index in [1.165, 1.54) is 0 Å². The lowest BCUT2D eigenvalue weighted by Gasteiger charge is -1.96. The van der Waals surface area contributed by atoms with E-state index < -0.39 is 0 Å². The van der Waals surface area contributed by atoms with Crippen molar-refractivity contribution < 1.29 is 0 Å². The molecule has 13 heavy (non-hydrogen) atoms. The fourth-order valence-electron chi connectivity index (χ4n) is 1.01. The second kappa shape index (κ2) is 3.44. The molecule has 66 valence electrons. The van der Waals surface area contributed by atoms with Gasteiger partial charge in [-0.05, 0) is 19.1 Å². The Morgan fingerprint density at radius 1 is 1.38 bits per heavy atom. The summed E-state index contributed by atoms with van der Waals surface area (Å²) in [6, 6.07) is 3.63. The Morgan fingerprint density at radius 3 is 2.85 bits per heavy atom. The molecular formula is C9H7ClN2S. The number of halogens is 1. The van der Waals surface area contributed by atoms with E-state index in [0.717, 1.165) is 15.6 Å². The summed E-state index contributed by atoms with van der Waals surface area (Å²) in [6.07, 6.45) is 3.54. The average molecular weight is 211 g/mol. The first-order chi connectivity index (χ1) is 6.27. The molecule has 2 heterocycles. The normalized spacial score (nSPS) is 10.3. The van der Waals surface area contributed by atoms with Gasteiger partial charge >= 0.3 is 0 Å². The number of thiazole rings is 1. The highest BCUT2D eigenvalue weighted by Gasteiger charge is 2.07. The molecular weight excluding hydrogens is 204 g/mol. The Balaban J connectivity index is 2.52. The van der Waals surface area contributed by atoms with Gasteiger partial charge in [0.05, 0.1) is 5.02 Å². The molecule has 0 aromatic carbocycles. The van der Waals surface area contributed by atoms with Crippen LogP contribution in [-0.2, 0) is 0 Å². The predicted molar refractivity (Wildman–Crippen MR) is 55.1 cm³/mol. The minimum absolute atomic E-state index is 0.650. The molecule has 0 atom stereocenters. The molecule has 2 aromatic heterocycles. The van der Waals surface area contributed by atoms with Crippen LogP contribution < -0.4 is 0 Å². The molecule has 0 aliphatic heterocycles. The average Bonchev–Trinajstić information content (AvgIpc) is 2.53. The van der Waals surface area contributed by atoms with E-state index in [2.05, 4.69) is 9.97 Å². The quantitative estimate of drug-likeness (QED) is 0.723. The van der Waals surface area contributed by atoms with Crippen LogP contribution in [0.2, 0.25) is 5.02 Å². The molecule has 2 nitrogen and oxygen atoms in total. The van der Waals surface area contributed by atoms with Crippen molar-refractivity contribution in [3.8, 4) is 10.7 Å². The van der Waals surface area contributed by atoms with Gasteiger partial charge in [0.2, 0.25) is 0 Å². The summed E-state index contributed by atoms with van der Waals surface area (Å²) in [5, 5.41) is 1.53. The van der Waals surface area contributed by atoms with Crippen LogP contribution in [0.3, 0.4) is 0 Å². The van der Waals surface area contributed by atoms with E-state index in [4.69, 9.17) is 11.6 Å². The number of pyridine rings is 1. The third kappa shape index (κ3) is 1.71. The Bertz CT molecular complexity index is 425. The first-order valence-electron chi connectivity index (χ1n) is 3.80. The van der Waals surface area contributed by atoms with Crippen LogP contribution in [0.1, 0.15) is 4.88 Å². The molecule has 0 radical (unpaired) electrons. The highest BCUT2D eigenvalue weighted by Crippen LogP contribution is 2.28. The summed E-state index contributed by atoms with van der Waals surface area (Å²) < 4.78 is 0. The van der Waals surface area contributed by atoms with Crippen LogP contribution in [0.25, 0.3) is 10.7 Å². The van der Waals surface area contributed by atoms with Crippen molar-refractivity contribution in [2.45, 2.75) is 6.92 Å². The number of nitrogens with zero attached hydrogens (tertiary/aromatic N) is 2. The van der Waals surface area contributed by atoms with Crippen LogP contribution >= 0.6 is 22.9 Å². The molecule has 0 N–H and O–H groups in total. The van der Waals surface area contributed by atoms with Gasteiger partial charge in [0.1, 0.15) is 10.7 Å². The monoisotopic (exact) mass is 210 g/mol. The lowest BCUT2D eigenvalue weighted by molar-refractivity contribution is 1.29. The maximum absolute atomic E-state index is 5.97. The van der Waals surface area contributed by atoms with Gasteiger partial charge in [-0.15, -0.1) is 11.3 Å². The fraction of sp³-hybridized carbons (Fsp3) is 0.111. The van der Waals surface area contributed by atoms with Gasteiger partial charge < -0.3 is 0 Å². The van der Waals surface area contributed by atoms with Gasteiger partial charge in [0.15, 0.2) is 0 Å². The molecule has 2 rings (SSSR count). The van der Waals surface area contributed by atoms with Gasteiger partial charge in [0.25, 0.3) is 0 Å². The molecule has 2 aromatic rings. The van der Waals surface area contributed by atoms with E-state index in [1.807, 2.05) is 25.3 Å². The van der Waals surface area contributed by atoms with E-state index in [9.17, 15) is 0 Å². The van der Waals surface area contributed by atoms with Gasteiger partial charge in [0, 0.05) is 17.3 Å². The lowest BCUT2D eigenvalue weighted by atomic mass is 10.4. The number of rotatable bonds is 1. The van der Waals surface area contributed by atoms with Gasteiger partial charge in [-0.25, -0.2) is 4.98 Å². The van der Waals surface area contributed by atoms with Crippen molar-refractivity contribution in [3.05, 3.63) is 34.4 Å². The van der Waals surface area contributed by atoms with Crippen molar-refractivity contribution in [1.29, 1.82) is 0 Å². The third-order valence-corrected chi connectivity index (χ3v) is 2.81. The molecule has 0 amide bonds. The molecule has 0 saturated heterocycles. The smallest absolute Gasteiger partial charge is 0.143 e. The Morgan fingerprint density at radius 2 is 2.23 bits per heavy atom. The van der Waals surface area contributed by atoms with Crippen LogP contribution in [0.15, 0.2) is 24.5 Å². The summed E-state index contributed by atoms with van der Waals surface area (Å²) >= 11 is 7.57. The molecule has 4 heteroatoms. The van der Waals surface area contributed by atoms with Gasteiger partial charge in [-0.1, -0.05) is 11.6 Å². The van der Waals surface area contributed by atoms with Crippen LogP contribution in [0.5, 0.6) is 0 Å². The SMILES string of the molecule is Cc1cnc(-c2ncccc2Cl)s1. The van der Waals surface area contributed by atoms with E-state index in [-0.39, 0.29) is 0 Å². The van der Waals surface area contributed by atoms with Crippen molar-refractivity contribution in [2.24, 2.45) is 0 Å². The lowest BCUT2D eigenvalue weighted by Crippen LogP contribution is -1.81. The van der Waals surface area contributed by atoms with E-state index >= 15 is 0 Å². The van der Waals surface area contributed by atoms with Crippen molar-refractivity contribution >= 4 is 22.9 Å². The van der Waals surface area contributed by atoms with E-state index in [1.54, 1.807) is 17.5 Å². The summed E-state index contributed by atoms with van der Waals surface area (Å²) in [6.45, 7) is 2.01. The van der Waals surface area contributed by atoms with Crippen LogP contribution in [0.4, 0.5) is 0 Å². The number of aryl methyl sites for hydroxylation is 1. The first kappa shape index (κ1) is 8.66. The third-order valence-electron chi connectivity index (χ3n) is 1.58. The first-order valence-corrected chi connectivity index (χ1v) is 5.00. The van der Waals surface area contributed by atoms with E-state index in [0.29, 0.717) is 5.02 Å². The molecule has 0 aliphatic rings. The maximum Gasteiger partial charge on any atom is 0.143 e. The maximum atomic E-state index is 5.97. The van der Waals surface area contributed by atoms with Crippen LogP contribution in [0, 0.1) is 6.92 Å². The summed E-state index contributed by atoms with van der Waals surface area (Å²) in [4.78, 5) is 9.56. The van der Waals surface area contributed by atoms with Crippen molar-refractivity contribution in [1.82, 2.24) is 9.97 Å². The number of hydrogen-bond donors (Lipinski definition) is 0. The molecule has 0 bridgehead atoms. The molecule has 0 unspecified atom stereocenters. The number of aromatic nitrogens is 2. The number of hydrogen-bond acceptors (Lipinski definition) is 3. The van der Waals surface area contributed by atoms with Crippen molar-refractivity contribution in [2.75, 3.05) is 0 Å². The topological polar surface area (TPSA) is 25.8 Å². The highest BCUT2D eigenvalue weighted by atomic mass is 35.5. The second-order valence-corrected chi connectivity index (χ2v) is 4.25. The second-order valence-electron chi connectivity index (χ2n) is 2.61. The minimum Gasteiger partial charge on any atom is -0.252 e. The molecule has 0 aliphatic carbocycles. The summed E-state index contributed by atoms with van der Waals surface area (Å²) in [7, 11) is 0. The Labute approximate surface area is 85.2 Å². The molecule has 0 saturated carbocycles. The minimum atomic E-state index is 0.650. The van der Waals surface area contributed by atoms with Gasteiger partial charge in [-0.2, -0.15) is 0 Å². The van der Waals surface area contributed by atoms with Gasteiger partial charge in [-0.3, -0.25) is 4.98 Å². The highest BCUT2D eigenvalue weighted by molar-refractivity contribution is 7.15. The molecule has 0 spiro atoms. The Kier molecular flexibility index (Phi) is 2.29. The fourth-order valence-corrected chi connectivity index (χ4v) is 2.05. The Hall–Kier alpha value is -0.930. The summed E-state index contributed by atoms with van der Waals surface area (Å²) in [5.74, 6) is 0.